The van der Waals surface area contributed by atoms with Crippen molar-refractivity contribution in [3.05, 3.63) is 241 Å². The average molecular weight is 754 g/mol. The Morgan fingerprint density at radius 3 is 1.24 bits per heavy atom. The van der Waals surface area contributed by atoms with Crippen LogP contribution in [0.3, 0.4) is 0 Å². The van der Waals surface area contributed by atoms with Crippen molar-refractivity contribution in [2.24, 2.45) is 7.05 Å². The van der Waals surface area contributed by atoms with Gasteiger partial charge in [-0.1, -0.05) is 133 Å². The number of para-hydroxylation sites is 4. The van der Waals surface area contributed by atoms with Gasteiger partial charge in [-0.25, -0.2) is 0 Å². The number of aryl methyl sites for hydroxylation is 1. The number of aromatic nitrogens is 1. The first-order valence-electron chi connectivity index (χ1n) is 20.4. The highest BCUT2D eigenvalue weighted by Crippen LogP contribution is 2.64. The first-order valence-corrected chi connectivity index (χ1v) is 20.4. The van der Waals surface area contributed by atoms with Crippen LogP contribution in [0.1, 0.15) is 22.3 Å². The molecule has 1 unspecified atom stereocenters. The Morgan fingerprint density at radius 1 is 0.305 bits per heavy atom. The number of rotatable bonds is 6. The molecule has 2 aliphatic carbocycles. The number of hydrogen-bond donors (Lipinski definition) is 0. The smallest absolute Gasteiger partial charge is 0.0727 e. The molecule has 3 nitrogen and oxygen atoms in total. The molecule has 2 aliphatic rings. The molecule has 3 heteroatoms. The molecule has 1 aromatic heterocycles. The molecule has 0 radical (unpaired) electrons. The lowest BCUT2D eigenvalue weighted by atomic mass is 9.70. The molecule has 1 spiro atoms. The molecule has 12 rings (SSSR count). The molecular formula is C56H39N3. The lowest BCUT2D eigenvalue weighted by molar-refractivity contribution is 0.793. The summed E-state index contributed by atoms with van der Waals surface area (Å²) < 4.78 is 2.30. The van der Waals surface area contributed by atoms with Gasteiger partial charge in [-0.15, -0.1) is 0 Å². The van der Waals surface area contributed by atoms with Gasteiger partial charge in [0.1, 0.15) is 0 Å². The standard InChI is InChI=1S/C56H39N3/c1-57-54-28-16-13-25-48(54)49-35-41(31-34-55(49)57)59(40-21-9-4-10-22-40)43-30-33-47-45-24-12-15-27-51(45)56(53(47)37-43)50-26-14-11-23-44(50)46-32-29-42(36-52(46)56)58(38-17-5-2-6-18-38)39-19-7-3-8-20-39/h2-37H,1H3. The number of anilines is 6. The molecule has 0 N–H and O–H groups in total. The van der Waals surface area contributed by atoms with Crippen LogP contribution in [0, 0.1) is 0 Å². The molecular weight excluding hydrogens is 715 g/mol. The summed E-state index contributed by atoms with van der Waals surface area (Å²) in [4.78, 5) is 4.82. The topological polar surface area (TPSA) is 11.4 Å². The van der Waals surface area contributed by atoms with Crippen molar-refractivity contribution in [2.45, 2.75) is 5.41 Å². The fraction of sp³-hybridized carbons (Fsp3) is 0.0357. The van der Waals surface area contributed by atoms with Crippen molar-refractivity contribution in [1.82, 2.24) is 4.57 Å². The Labute approximate surface area is 344 Å². The van der Waals surface area contributed by atoms with Crippen LogP contribution >= 0.6 is 0 Å². The van der Waals surface area contributed by atoms with E-state index in [2.05, 4.69) is 240 Å². The van der Waals surface area contributed by atoms with Crippen LogP contribution in [0.2, 0.25) is 0 Å². The van der Waals surface area contributed by atoms with E-state index in [1.54, 1.807) is 0 Å². The Morgan fingerprint density at radius 2 is 0.695 bits per heavy atom. The third-order valence-corrected chi connectivity index (χ3v) is 12.8. The number of benzene rings is 9. The maximum atomic E-state index is 2.49. The maximum Gasteiger partial charge on any atom is 0.0727 e. The van der Waals surface area contributed by atoms with Crippen molar-refractivity contribution < 1.29 is 0 Å². The van der Waals surface area contributed by atoms with Crippen molar-refractivity contribution in [3.8, 4) is 22.3 Å². The van der Waals surface area contributed by atoms with Crippen LogP contribution in [0.4, 0.5) is 34.1 Å². The van der Waals surface area contributed by atoms with Gasteiger partial charge in [0.25, 0.3) is 0 Å². The second-order valence-electron chi connectivity index (χ2n) is 15.8. The Hall–Kier alpha value is -7.62. The zero-order chi connectivity index (χ0) is 39.1. The Bertz CT molecular complexity index is 3190. The van der Waals surface area contributed by atoms with Crippen LogP contribution in [0.5, 0.6) is 0 Å². The molecule has 0 aliphatic heterocycles. The summed E-state index contributed by atoms with van der Waals surface area (Å²) in [5.74, 6) is 0. The van der Waals surface area contributed by atoms with Gasteiger partial charge in [0, 0.05) is 63.0 Å². The highest BCUT2D eigenvalue weighted by atomic mass is 15.1. The third kappa shape index (κ3) is 4.82. The van der Waals surface area contributed by atoms with E-state index >= 15 is 0 Å². The van der Waals surface area contributed by atoms with Crippen LogP contribution in [-0.2, 0) is 12.5 Å². The molecule has 0 fully saturated rings. The number of fused-ring (bicyclic) bond motifs is 13. The minimum absolute atomic E-state index is 0.537. The highest BCUT2D eigenvalue weighted by molar-refractivity contribution is 6.09. The van der Waals surface area contributed by atoms with Crippen molar-refractivity contribution in [3.63, 3.8) is 0 Å². The first kappa shape index (κ1) is 33.5. The van der Waals surface area contributed by atoms with E-state index < -0.39 is 5.41 Å². The molecule has 9 aromatic carbocycles. The van der Waals surface area contributed by atoms with E-state index in [4.69, 9.17) is 0 Å². The summed E-state index contributed by atoms with van der Waals surface area (Å²) in [5, 5.41) is 2.51. The van der Waals surface area contributed by atoms with Crippen molar-refractivity contribution >= 4 is 55.9 Å². The second kappa shape index (κ2) is 13.0. The predicted octanol–water partition coefficient (Wildman–Crippen LogP) is 14.6. The molecule has 1 heterocycles. The molecule has 10 aromatic rings. The van der Waals surface area contributed by atoms with Gasteiger partial charge in [-0.05, 0) is 129 Å². The van der Waals surface area contributed by atoms with Crippen molar-refractivity contribution in [2.75, 3.05) is 9.80 Å². The van der Waals surface area contributed by atoms with Crippen LogP contribution in [-0.4, -0.2) is 4.57 Å². The molecule has 0 bridgehead atoms. The van der Waals surface area contributed by atoms with Gasteiger partial charge in [0.05, 0.1) is 5.41 Å². The molecule has 0 amide bonds. The van der Waals surface area contributed by atoms with Gasteiger partial charge in [-0.3, -0.25) is 0 Å². The van der Waals surface area contributed by atoms with E-state index in [9.17, 15) is 0 Å². The lowest BCUT2D eigenvalue weighted by Crippen LogP contribution is -2.26. The van der Waals surface area contributed by atoms with Gasteiger partial charge < -0.3 is 14.4 Å². The van der Waals surface area contributed by atoms with Crippen molar-refractivity contribution in [1.29, 1.82) is 0 Å². The number of nitrogens with zero attached hydrogens (tertiary/aromatic N) is 3. The van der Waals surface area contributed by atoms with Crippen LogP contribution in [0.15, 0.2) is 218 Å². The molecule has 278 valence electrons. The fourth-order valence-corrected chi connectivity index (χ4v) is 10.3. The minimum Gasteiger partial charge on any atom is -0.344 e. The summed E-state index contributed by atoms with van der Waals surface area (Å²) in [7, 11) is 2.17. The predicted molar refractivity (Wildman–Crippen MR) is 246 cm³/mol. The molecule has 0 saturated heterocycles. The van der Waals surface area contributed by atoms with E-state index in [0.29, 0.717) is 0 Å². The second-order valence-corrected chi connectivity index (χ2v) is 15.8. The maximum absolute atomic E-state index is 2.49. The van der Waals surface area contributed by atoms with Gasteiger partial charge in [-0.2, -0.15) is 0 Å². The number of hydrogen-bond acceptors (Lipinski definition) is 2. The van der Waals surface area contributed by atoms with E-state index in [1.807, 2.05) is 0 Å². The van der Waals surface area contributed by atoms with Gasteiger partial charge in [0.2, 0.25) is 0 Å². The van der Waals surface area contributed by atoms with E-state index in [1.165, 1.54) is 66.3 Å². The zero-order valence-electron chi connectivity index (χ0n) is 32.6. The van der Waals surface area contributed by atoms with E-state index in [0.717, 1.165) is 34.1 Å². The summed E-state index contributed by atoms with van der Waals surface area (Å²) in [5.41, 5.74) is 19.1. The van der Waals surface area contributed by atoms with Gasteiger partial charge >= 0.3 is 0 Å². The minimum atomic E-state index is -0.537. The Kier molecular flexibility index (Phi) is 7.36. The summed E-state index contributed by atoms with van der Waals surface area (Å²) in [6, 6.07) is 80.4. The first-order chi connectivity index (χ1) is 29.2. The average Bonchev–Trinajstić information content (AvgIpc) is 3.88. The highest BCUT2D eigenvalue weighted by Gasteiger charge is 2.52. The summed E-state index contributed by atoms with van der Waals surface area (Å²) in [6.07, 6.45) is 0. The third-order valence-electron chi connectivity index (χ3n) is 12.8. The lowest BCUT2D eigenvalue weighted by Gasteiger charge is -2.33. The largest absolute Gasteiger partial charge is 0.344 e. The molecule has 0 saturated carbocycles. The molecule has 59 heavy (non-hydrogen) atoms. The van der Waals surface area contributed by atoms with E-state index in [-0.39, 0.29) is 0 Å². The van der Waals surface area contributed by atoms with Crippen LogP contribution in [0.25, 0.3) is 44.1 Å². The fourth-order valence-electron chi connectivity index (χ4n) is 10.3. The quantitative estimate of drug-likeness (QED) is 0.168. The molecule has 1 atom stereocenters. The Balaban J connectivity index is 1.12. The normalized spacial score (nSPS) is 14.6. The summed E-state index contributed by atoms with van der Waals surface area (Å²) in [6.45, 7) is 0. The monoisotopic (exact) mass is 753 g/mol. The SMILES string of the molecule is Cn1c2ccccc2c2cc(N(c3ccccc3)c3ccc4c(c3)C3(c5ccccc5-c5ccc(N(c6ccccc6)c6ccccc6)cc53)c3ccccc3-4)ccc21. The van der Waals surface area contributed by atoms with Gasteiger partial charge in [0.15, 0.2) is 0 Å². The summed E-state index contributed by atoms with van der Waals surface area (Å²) >= 11 is 0. The van der Waals surface area contributed by atoms with Crippen LogP contribution < -0.4 is 9.80 Å². The zero-order valence-corrected chi connectivity index (χ0v) is 32.6.